The molecule has 0 N–H and O–H groups in total. The highest BCUT2D eigenvalue weighted by molar-refractivity contribution is 14.1. The predicted octanol–water partition coefficient (Wildman–Crippen LogP) is 4.58. The van der Waals surface area contributed by atoms with Gasteiger partial charge in [0.05, 0.1) is 0 Å². The molecule has 0 radical (unpaired) electrons. The molecule has 0 unspecified atom stereocenters. The summed E-state index contributed by atoms with van der Waals surface area (Å²) in [5.74, 6) is 0. The fraction of sp³-hybridized carbons (Fsp3) is 0.385. The molecule has 0 aliphatic rings. The fourth-order valence-corrected chi connectivity index (χ4v) is 2.14. The summed E-state index contributed by atoms with van der Waals surface area (Å²) in [5.41, 5.74) is 1.49. The van der Waals surface area contributed by atoms with Crippen molar-refractivity contribution in [2.24, 2.45) is 0 Å². The van der Waals surface area contributed by atoms with Gasteiger partial charge in [-0.2, -0.15) is 0 Å². The number of hydrogen-bond acceptors (Lipinski definition) is 0. The highest BCUT2D eigenvalue weighted by atomic mass is 127. The standard InChI is InChI=1S/C13H17I/c1-2-3-4-5-6-9-12-10-7-8-11-13(12)14/h2,7-8,10-11H,1,3-6,9H2. The number of allylic oxidation sites excluding steroid dienone is 1. The van der Waals surface area contributed by atoms with Crippen LogP contribution in [0.2, 0.25) is 0 Å². The van der Waals surface area contributed by atoms with Crippen LogP contribution < -0.4 is 0 Å². The van der Waals surface area contributed by atoms with Crippen molar-refractivity contribution in [3.8, 4) is 0 Å². The van der Waals surface area contributed by atoms with Crippen molar-refractivity contribution in [3.05, 3.63) is 46.1 Å². The minimum atomic E-state index is 1.16. The summed E-state index contributed by atoms with van der Waals surface area (Å²) in [6, 6.07) is 8.64. The Balaban J connectivity index is 2.24. The number of aryl methyl sites for hydroxylation is 1. The second kappa shape index (κ2) is 7.04. The van der Waals surface area contributed by atoms with Crippen molar-refractivity contribution < 1.29 is 0 Å². The molecule has 0 saturated heterocycles. The Morgan fingerprint density at radius 2 is 1.93 bits per heavy atom. The van der Waals surface area contributed by atoms with E-state index in [-0.39, 0.29) is 0 Å². The van der Waals surface area contributed by atoms with Gasteiger partial charge in [0.1, 0.15) is 0 Å². The topological polar surface area (TPSA) is 0 Å². The molecule has 76 valence electrons. The van der Waals surface area contributed by atoms with E-state index in [1.165, 1.54) is 34.8 Å². The van der Waals surface area contributed by atoms with E-state index < -0.39 is 0 Å². The van der Waals surface area contributed by atoms with Crippen LogP contribution in [0, 0.1) is 3.57 Å². The lowest BCUT2D eigenvalue weighted by atomic mass is 10.1. The highest BCUT2D eigenvalue weighted by Crippen LogP contribution is 2.14. The van der Waals surface area contributed by atoms with Gasteiger partial charge in [-0.15, -0.1) is 6.58 Å². The third kappa shape index (κ3) is 4.27. The molecular formula is C13H17I. The first-order chi connectivity index (χ1) is 6.84. The summed E-state index contributed by atoms with van der Waals surface area (Å²) < 4.78 is 1.40. The molecule has 0 atom stereocenters. The van der Waals surface area contributed by atoms with Crippen LogP contribution in [0.4, 0.5) is 0 Å². The normalized spacial score (nSPS) is 10.1. The van der Waals surface area contributed by atoms with E-state index in [0.717, 1.165) is 6.42 Å². The summed E-state index contributed by atoms with van der Waals surface area (Å²) >= 11 is 2.41. The zero-order valence-electron chi connectivity index (χ0n) is 8.51. The Labute approximate surface area is 101 Å². The lowest BCUT2D eigenvalue weighted by Crippen LogP contribution is -1.88. The van der Waals surface area contributed by atoms with Crippen molar-refractivity contribution in [1.29, 1.82) is 0 Å². The van der Waals surface area contributed by atoms with Gasteiger partial charge in [0.25, 0.3) is 0 Å². The van der Waals surface area contributed by atoms with Gasteiger partial charge in [0.15, 0.2) is 0 Å². The van der Waals surface area contributed by atoms with E-state index in [9.17, 15) is 0 Å². The van der Waals surface area contributed by atoms with Gasteiger partial charge in [0, 0.05) is 3.57 Å². The first-order valence-corrected chi connectivity index (χ1v) is 6.27. The summed E-state index contributed by atoms with van der Waals surface area (Å²) in [6.07, 6.45) is 8.28. The van der Waals surface area contributed by atoms with Gasteiger partial charge in [-0.3, -0.25) is 0 Å². The molecule has 0 aliphatic carbocycles. The Morgan fingerprint density at radius 3 is 2.64 bits per heavy atom. The number of benzene rings is 1. The molecule has 0 spiro atoms. The molecule has 14 heavy (non-hydrogen) atoms. The highest BCUT2D eigenvalue weighted by Gasteiger charge is 1.97. The van der Waals surface area contributed by atoms with Crippen LogP contribution in [0.5, 0.6) is 0 Å². The lowest BCUT2D eigenvalue weighted by molar-refractivity contribution is 0.686. The van der Waals surface area contributed by atoms with Crippen LogP contribution >= 0.6 is 22.6 Å². The molecular weight excluding hydrogens is 283 g/mol. The van der Waals surface area contributed by atoms with Gasteiger partial charge in [-0.25, -0.2) is 0 Å². The van der Waals surface area contributed by atoms with Crippen LogP contribution in [0.15, 0.2) is 36.9 Å². The maximum atomic E-state index is 3.73. The SMILES string of the molecule is C=CCCCCCc1ccccc1I. The van der Waals surface area contributed by atoms with E-state index in [4.69, 9.17) is 0 Å². The van der Waals surface area contributed by atoms with Crippen molar-refractivity contribution in [1.82, 2.24) is 0 Å². The van der Waals surface area contributed by atoms with Crippen molar-refractivity contribution in [2.75, 3.05) is 0 Å². The Bertz CT molecular complexity index is 278. The molecule has 0 fully saturated rings. The van der Waals surface area contributed by atoms with E-state index in [1.807, 2.05) is 6.08 Å². The van der Waals surface area contributed by atoms with Crippen LogP contribution in [0.3, 0.4) is 0 Å². The molecule has 0 nitrogen and oxygen atoms in total. The van der Waals surface area contributed by atoms with Crippen molar-refractivity contribution in [2.45, 2.75) is 32.1 Å². The van der Waals surface area contributed by atoms with Crippen LogP contribution in [0.1, 0.15) is 31.2 Å². The van der Waals surface area contributed by atoms with Gasteiger partial charge in [-0.1, -0.05) is 30.7 Å². The fourth-order valence-electron chi connectivity index (χ4n) is 1.48. The summed E-state index contributed by atoms with van der Waals surface area (Å²) in [6.45, 7) is 3.73. The average Bonchev–Trinajstić information content (AvgIpc) is 2.20. The second-order valence-corrected chi connectivity index (χ2v) is 4.64. The van der Waals surface area contributed by atoms with E-state index in [2.05, 4.69) is 53.4 Å². The Morgan fingerprint density at radius 1 is 1.14 bits per heavy atom. The molecule has 0 amide bonds. The van der Waals surface area contributed by atoms with Gasteiger partial charge < -0.3 is 0 Å². The zero-order valence-corrected chi connectivity index (χ0v) is 10.7. The van der Waals surface area contributed by atoms with Crippen molar-refractivity contribution in [3.63, 3.8) is 0 Å². The number of hydrogen-bond donors (Lipinski definition) is 0. The van der Waals surface area contributed by atoms with Crippen LogP contribution in [0.25, 0.3) is 0 Å². The molecule has 0 bridgehead atoms. The number of rotatable bonds is 6. The van der Waals surface area contributed by atoms with E-state index in [0.29, 0.717) is 0 Å². The first-order valence-electron chi connectivity index (χ1n) is 5.19. The summed E-state index contributed by atoms with van der Waals surface area (Å²) in [7, 11) is 0. The van der Waals surface area contributed by atoms with Gasteiger partial charge in [-0.05, 0) is 59.9 Å². The number of halogens is 1. The maximum absolute atomic E-state index is 3.73. The largest absolute Gasteiger partial charge is 0.103 e. The molecule has 0 heterocycles. The molecule has 1 aromatic carbocycles. The quantitative estimate of drug-likeness (QED) is 0.410. The van der Waals surface area contributed by atoms with Crippen molar-refractivity contribution >= 4 is 22.6 Å². The molecule has 0 aliphatic heterocycles. The summed E-state index contributed by atoms with van der Waals surface area (Å²) in [5, 5.41) is 0. The van der Waals surface area contributed by atoms with Crippen LogP contribution in [-0.2, 0) is 6.42 Å². The minimum absolute atomic E-state index is 1.16. The zero-order chi connectivity index (χ0) is 10.2. The molecule has 0 saturated carbocycles. The Hall–Kier alpha value is -0.310. The molecule has 1 aromatic rings. The minimum Gasteiger partial charge on any atom is -0.103 e. The first kappa shape index (κ1) is 11.8. The molecule has 0 aromatic heterocycles. The lowest BCUT2D eigenvalue weighted by Gasteiger charge is -2.03. The molecule has 1 rings (SSSR count). The second-order valence-electron chi connectivity index (χ2n) is 3.48. The predicted molar refractivity (Wildman–Crippen MR) is 71.5 cm³/mol. The van der Waals surface area contributed by atoms with Gasteiger partial charge >= 0.3 is 0 Å². The van der Waals surface area contributed by atoms with E-state index in [1.54, 1.807) is 0 Å². The monoisotopic (exact) mass is 300 g/mol. The van der Waals surface area contributed by atoms with E-state index >= 15 is 0 Å². The Kier molecular flexibility index (Phi) is 5.92. The maximum Gasteiger partial charge on any atom is 0.0162 e. The average molecular weight is 300 g/mol. The molecule has 1 heteroatoms. The third-order valence-electron chi connectivity index (χ3n) is 2.31. The number of unbranched alkanes of at least 4 members (excludes halogenated alkanes) is 3. The summed E-state index contributed by atoms with van der Waals surface area (Å²) in [4.78, 5) is 0. The third-order valence-corrected chi connectivity index (χ3v) is 3.36. The smallest absolute Gasteiger partial charge is 0.0162 e. The van der Waals surface area contributed by atoms with Gasteiger partial charge in [0.2, 0.25) is 0 Å². The van der Waals surface area contributed by atoms with Crippen LogP contribution in [-0.4, -0.2) is 0 Å².